The van der Waals surface area contributed by atoms with Crippen LogP contribution in [0.15, 0.2) is 24.3 Å². The fourth-order valence-electron chi connectivity index (χ4n) is 5.94. The zero-order valence-electron chi connectivity index (χ0n) is 21.6. The summed E-state index contributed by atoms with van der Waals surface area (Å²) >= 11 is 0. The normalized spacial score (nSPS) is 30.6. The second-order valence-corrected chi connectivity index (χ2v) is 10.9. The molecule has 4 atom stereocenters. The summed E-state index contributed by atoms with van der Waals surface area (Å²) in [4.78, 5) is 23.7. The molecule has 1 aromatic carbocycles. The lowest BCUT2D eigenvalue weighted by Crippen LogP contribution is -2.76. The molecule has 0 spiro atoms. The summed E-state index contributed by atoms with van der Waals surface area (Å²) in [6.07, 6.45) is 4.90. The standard InChI is InChI=1S/C26H41N9O/c1-26(2,27-3)35-16-14-33(15-17-35)20-10-8-19(9-11-20)29-23-22-21(18-28-32-24(22)36)30-25(31-23)34-12-6-4-5-7-13-34/h8-11,21-23,25,28-31H,4-7,12-18H2,1-2H3,(H,32,36). The number of hydrazine groups is 1. The van der Waals surface area contributed by atoms with Crippen molar-refractivity contribution < 1.29 is 4.79 Å². The van der Waals surface area contributed by atoms with E-state index >= 15 is 0 Å². The summed E-state index contributed by atoms with van der Waals surface area (Å²) < 4.78 is 0. The van der Waals surface area contributed by atoms with E-state index in [-0.39, 0.29) is 30.3 Å². The Morgan fingerprint density at radius 2 is 1.67 bits per heavy atom. The SMILES string of the molecule is [C-]#[N+]C(C)(C)N1CCN(c2ccc(NC3NC(N4CCCCCC4)NC4CNNC(=O)C43)cc2)CC1. The van der Waals surface area contributed by atoms with Crippen LogP contribution < -0.4 is 31.7 Å². The van der Waals surface area contributed by atoms with E-state index in [1.54, 1.807) is 0 Å². The van der Waals surface area contributed by atoms with Crippen molar-refractivity contribution in [3.63, 3.8) is 0 Å². The quantitative estimate of drug-likeness (QED) is 0.389. The van der Waals surface area contributed by atoms with Crippen LogP contribution in [0.2, 0.25) is 0 Å². The monoisotopic (exact) mass is 495 g/mol. The largest absolute Gasteiger partial charge is 0.369 e. The summed E-state index contributed by atoms with van der Waals surface area (Å²) in [5, 5.41) is 11.0. The number of benzene rings is 1. The molecule has 0 bridgehead atoms. The number of piperazine rings is 1. The zero-order chi connectivity index (χ0) is 25.1. The fraction of sp³-hybridized carbons (Fsp3) is 0.692. The van der Waals surface area contributed by atoms with Gasteiger partial charge in [-0.25, -0.2) is 16.9 Å². The molecule has 0 aromatic heterocycles. The van der Waals surface area contributed by atoms with Gasteiger partial charge in [-0.3, -0.25) is 30.6 Å². The molecule has 10 heteroatoms. The Hall–Kier alpha value is -2.42. The summed E-state index contributed by atoms with van der Waals surface area (Å²) in [5.41, 5.74) is 7.63. The summed E-state index contributed by atoms with van der Waals surface area (Å²) in [5.74, 6) is -0.206. The lowest BCUT2D eigenvalue weighted by atomic mass is 9.91. The van der Waals surface area contributed by atoms with E-state index < -0.39 is 5.66 Å². The van der Waals surface area contributed by atoms with Gasteiger partial charge in [-0.05, 0) is 37.1 Å². The van der Waals surface area contributed by atoms with Crippen LogP contribution >= 0.6 is 0 Å². The van der Waals surface area contributed by atoms with E-state index in [9.17, 15) is 4.79 Å². The van der Waals surface area contributed by atoms with Crippen LogP contribution in [-0.2, 0) is 4.79 Å². The van der Waals surface area contributed by atoms with Crippen molar-refractivity contribution >= 4 is 17.3 Å². The molecule has 10 nitrogen and oxygen atoms in total. The summed E-state index contributed by atoms with van der Waals surface area (Å²) in [7, 11) is 0. The first-order valence-electron chi connectivity index (χ1n) is 13.5. The van der Waals surface area contributed by atoms with E-state index in [0.717, 1.165) is 45.0 Å². The smallest absolute Gasteiger partial charge is 0.283 e. The van der Waals surface area contributed by atoms with E-state index in [0.29, 0.717) is 6.54 Å². The van der Waals surface area contributed by atoms with Gasteiger partial charge in [0.25, 0.3) is 5.66 Å². The highest BCUT2D eigenvalue weighted by Crippen LogP contribution is 2.26. The van der Waals surface area contributed by atoms with Gasteiger partial charge in [-0.1, -0.05) is 12.8 Å². The number of hydrogen-bond donors (Lipinski definition) is 5. The van der Waals surface area contributed by atoms with Gasteiger partial charge in [0.15, 0.2) is 0 Å². The number of amides is 1. The molecular weight excluding hydrogens is 454 g/mol. The number of carbonyl (C=O) groups is 1. The molecule has 5 rings (SSSR count). The molecule has 4 saturated heterocycles. The van der Waals surface area contributed by atoms with Crippen LogP contribution in [0.5, 0.6) is 0 Å². The van der Waals surface area contributed by atoms with Crippen LogP contribution in [0.4, 0.5) is 11.4 Å². The van der Waals surface area contributed by atoms with Crippen LogP contribution in [0.25, 0.3) is 4.85 Å². The molecular formula is C26H41N9O. The van der Waals surface area contributed by atoms with E-state index in [2.05, 4.69) is 70.6 Å². The number of hydrogen-bond acceptors (Lipinski definition) is 8. The fourth-order valence-corrected chi connectivity index (χ4v) is 5.94. The minimum absolute atomic E-state index is 0.00916. The van der Waals surface area contributed by atoms with Crippen molar-refractivity contribution in [1.82, 2.24) is 31.3 Å². The Kier molecular flexibility index (Phi) is 7.65. The van der Waals surface area contributed by atoms with Crippen molar-refractivity contribution in [3.05, 3.63) is 35.7 Å². The molecule has 0 radical (unpaired) electrons. The molecule has 1 amide bonds. The van der Waals surface area contributed by atoms with E-state index in [4.69, 9.17) is 6.57 Å². The first-order valence-corrected chi connectivity index (χ1v) is 13.5. The van der Waals surface area contributed by atoms with Gasteiger partial charge in [0.2, 0.25) is 5.91 Å². The Balaban J connectivity index is 1.24. The van der Waals surface area contributed by atoms with E-state index in [1.807, 2.05) is 13.8 Å². The maximum atomic E-state index is 12.8. The molecule has 4 unspecified atom stereocenters. The number of nitrogens with zero attached hydrogens (tertiary/aromatic N) is 4. The number of carbonyl (C=O) groups excluding carboxylic acids is 1. The van der Waals surface area contributed by atoms with Gasteiger partial charge in [-0.15, -0.1) is 0 Å². The average molecular weight is 496 g/mol. The number of likely N-dealkylation sites (tertiary alicyclic amines) is 1. The zero-order valence-corrected chi connectivity index (χ0v) is 21.6. The summed E-state index contributed by atoms with van der Waals surface area (Å²) in [6.45, 7) is 17.9. The molecule has 5 N–H and O–H groups in total. The van der Waals surface area contributed by atoms with Crippen LogP contribution in [0, 0.1) is 12.5 Å². The summed E-state index contributed by atoms with van der Waals surface area (Å²) in [6, 6.07) is 8.60. The number of fused-ring (bicyclic) bond motifs is 1. The third-order valence-corrected chi connectivity index (χ3v) is 8.23. The molecule has 4 aliphatic heterocycles. The minimum Gasteiger partial charge on any atom is -0.369 e. The predicted molar refractivity (Wildman–Crippen MR) is 142 cm³/mol. The second-order valence-electron chi connectivity index (χ2n) is 10.9. The first kappa shape index (κ1) is 25.2. The van der Waals surface area contributed by atoms with Crippen molar-refractivity contribution in [2.24, 2.45) is 5.92 Å². The maximum Gasteiger partial charge on any atom is 0.283 e. The van der Waals surface area contributed by atoms with Gasteiger partial charge in [-0.2, -0.15) is 0 Å². The van der Waals surface area contributed by atoms with Crippen LogP contribution in [0.1, 0.15) is 39.5 Å². The number of rotatable bonds is 5. The lowest BCUT2D eigenvalue weighted by Gasteiger charge is -2.48. The van der Waals surface area contributed by atoms with Gasteiger partial charge < -0.3 is 10.2 Å². The Morgan fingerprint density at radius 3 is 2.33 bits per heavy atom. The van der Waals surface area contributed by atoms with Crippen molar-refractivity contribution in [2.45, 2.75) is 63.7 Å². The first-order chi connectivity index (χ1) is 17.4. The molecule has 0 aliphatic carbocycles. The highest BCUT2D eigenvalue weighted by Gasteiger charge is 2.45. The Morgan fingerprint density at radius 1 is 0.972 bits per heavy atom. The third-order valence-electron chi connectivity index (χ3n) is 8.23. The van der Waals surface area contributed by atoms with Gasteiger partial charge >= 0.3 is 0 Å². The van der Waals surface area contributed by atoms with Crippen molar-refractivity contribution in [3.8, 4) is 0 Å². The van der Waals surface area contributed by atoms with E-state index in [1.165, 1.54) is 31.4 Å². The van der Waals surface area contributed by atoms with Gasteiger partial charge in [0, 0.05) is 77.1 Å². The van der Waals surface area contributed by atoms with Crippen LogP contribution in [-0.4, -0.2) is 85.7 Å². The molecule has 4 fully saturated rings. The molecule has 4 aliphatic rings. The maximum absolute atomic E-state index is 12.8. The third kappa shape index (κ3) is 5.45. The predicted octanol–water partition coefficient (Wildman–Crippen LogP) is 1.17. The topological polar surface area (TPSA) is 91.3 Å². The highest BCUT2D eigenvalue weighted by molar-refractivity contribution is 5.81. The number of nitrogens with one attached hydrogen (secondary N) is 5. The van der Waals surface area contributed by atoms with Gasteiger partial charge in [0.1, 0.15) is 6.29 Å². The van der Waals surface area contributed by atoms with Crippen molar-refractivity contribution in [1.29, 1.82) is 0 Å². The van der Waals surface area contributed by atoms with Crippen molar-refractivity contribution in [2.75, 3.05) is 56.0 Å². The minimum atomic E-state index is -0.439. The van der Waals surface area contributed by atoms with Gasteiger partial charge in [0.05, 0.1) is 12.1 Å². The molecule has 36 heavy (non-hydrogen) atoms. The molecule has 1 aromatic rings. The van der Waals surface area contributed by atoms with Crippen LogP contribution in [0.3, 0.4) is 0 Å². The molecule has 4 heterocycles. The second kappa shape index (κ2) is 10.9. The highest BCUT2D eigenvalue weighted by atomic mass is 16.2. The lowest BCUT2D eigenvalue weighted by molar-refractivity contribution is -0.132. The average Bonchev–Trinajstić information content (AvgIpc) is 3.19. The molecule has 0 saturated carbocycles. The number of anilines is 2. The Bertz CT molecular complexity index is 930. The molecule has 196 valence electrons. The Labute approximate surface area is 214 Å².